The van der Waals surface area contributed by atoms with Crippen molar-refractivity contribution < 1.29 is 0 Å². The van der Waals surface area contributed by atoms with Crippen LogP contribution in [0.4, 0.5) is 0 Å². The van der Waals surface area contributed by atoms with E-state index in [1.54, 1.807) is 0 Å². The van der Waals surface area contributed by atoms with Gasteiger partial charge in [-0.05, 0) is 37.2 Å². The number of allylic oxidation sites excluding steroid dienone is 1. The summed E-state index contributed by atoms with van der Waals surface area (Å²) in [4.78, 5) is 6.50. The molecule has 0 atom stereocenters. The van der Waals surface area contributed by atoms with Crippen LogP contribution in [0.15, 0.2) is 47.7 Å². The lowest BCUT2D eigenvalue weighted by atomic mass is 9.68. The van der Waals surface area contributed by atoms with Crippen LogP contribution in [-0.4, -0.2) is 29.3 Å². The summed E-state index contributed by atoms with van der Waals surface area (Å²) in [6, 6.07) is 8.82. The summed E-state index contributed by atoms with van der Waals surface area (Å²) >= 11 is 0. The minimum atomic E-state index is -0.0804. The molecule has 1 aromatic carbocycles. The van der Waals surface area contributed by atoms with Gasteiger partial charge < -0.3 is 15.6 Å². The van der Waals surface area contributed by atoms with Gasteiger partial charge in [0.15, 0.2) is 0 Å². The highest BCUT2D eigenvalue weighted by molar-refractivity contribution is 5.83. The van der Waals surface area contributed by atoms with E-state index in [2.05, 4.69) is 40.7 Å². The Labute approximate surface area is 162 Å². The zero-order valence-electron chi connectivity index (χ0n) is 16.3. The molecular formula is C22H31N5. The van der Waals surface area contributed by atoms with Crippen molar-refractivity contribution in [3.63, 3.8) is 0 Å². The Morgan fingerprint density at radius 3 is 2.67 bits per heavy atom. The van der Waals surface area contributed by atoms with Gasteiger partial charge in [-0.1, -0.05) is 50.1 Å². The number of aliphatic imine (C=N–C) groups is 1. The molecule has 0 aromatic heterocycles. The van der Waals surface area contributed by atoms with E-state index in [4.69, 9.17) is 11.6 Å². The van der Waals surface area contributed by atoms with Crippen LogP contribution in [0.2, 0.25) is 0 Å². The second kappa shape index (κ2) is 7.04. The maximum absolute atomic E-state index is 6.41. The molecule has 0 radical (unpaired) electrons. The lowest BCUT2D eigenvalue weighted by molar-refractivity contribution is 0.0312. The van der Waals surface area contributed by atoms with E-state index < -0.39 is 0 Å². The first-order chi connectivity index (χ1) is 13.1. The van der Waals surface area contributed by atoms with Gasteiger partial charge >= 0.3 is 0 Å². The zero-order valence-corrected chi connectivity index (χ0v) is 16.3. The van der Waals surface area contributed by atoms with Crippen LogP contribution in [-0.2, 0) is 5.54 Å². The highest BCUT2D eigenvalue weighted by Crippen LogP contribution is 2.56. The normalized spacial score (nSPS) is 28.7. The molecule has 0 unspecified atom stereocenters. The van der Waals surface area contributed by atoms with E-state index in [1.165, 1.54) is 43.2 Å². The second-order valence-corrected chi connectivity index (χ2v) is 8.24. The molecule has 4 N–H and O–H groups in total. The fourth-order valence-electron chi connectivity index (χ4n) is 5.12. The van der Waals surface area contributed by atoms with Crippen molar-refractivity contribution >= 4 is 12.0 Å². The van der Waals surface area contributed by atoms with Gasteiger partial charge in [-0.2, -0.15) is 0 Å². The lowest BCUT2D eigenvalue weighted by Gasteiger charge is -2.52. The molecule has 1 aliphatic heterocycles. The molecule has 0 bridgehead atoms. The smallest absolute Gasteiger partial charge is 0.0898 e. The minimum absolute atomic E-state index is 0.0804. The van der Waals surface area contributed by atoms with E-state index in [-0.39, 0.29) is 11.6 Å². The van der Waals surface area contributed by atoms with Crippen LogP contribution in [0, 0.1) is 5.92 Å². The predicted octanol–water partition coefficient (Wildman–Crippen LogP) is 3.54. The van der Waals surface area contributed by atoms with Crippen molar-refractivity contribution in [1.82, 2.24) is 9.91 Å². The van der Waals surface area contributed by atoms with E-state index in [0.717, 1.165) is 24.2 Å². The molecule has 1 aromatic rings. The van der Waals surface area contributed by atoms with Crippen molar-refractivity contribution in [2.24, 2.45) is 22.5 Å². The van der Waals surface area contributed by atoms with Crippen molar-refractivity contribution in [3.8, 4) is 0 Å². The van der Waals surface area contributed by atoms with Crippen LogP contribution in [0.25, 0.3) is 5.70 Å². The van der Waals surface area contributed by atoms with Gasteiger partial charge in [0.1, 0.15) is 0 Å². The van der Waals surface area contributed by atoms with Crippen LogP contribution in [0.3, 0.4) is 0 Å². The first-order valence-electron chi connectivity index (χ1n) is 10.1. The molecule has 2 saturated carbocycles. The van der Waals surface area contributed by atoms with Gasteiger partial charge in [-0.15, -0.1) is 0 Å². The fourth-order valence-corrected chi connectivity index (χ4v) is 5.12. The van der Waals surface area contributed by atoms with Gasteiger partial charge in [0.2, 0.25) is 0 Å². The van der Waals surface area contributed by atoms with Gasteiger partial charge in [0, 0.05) is 36.2 Å². The van der Waals surface area contributed by atoms with E-state index in [9.17, 15) is 0 Å². The molecule has 27 heavy (non-hydrogen) atoms. The second-order valence-electron chi connectivity index (χ2n) is 8.24. The summed E-state index contributed by atoms with van der Waals surface area (Å²) in [5.41, 5.74) is 10.8. The van der Waals surface area contributed by atoms with Gasteiger partial charge in [-0.3, -0.25) is 4.99 Å². The van der Waals surface area contributed by atoms with E-state index in [0.29, 0.717) is 5.92 Å². The number of hydrazine groups is 1. The van der Waals surface area contributed by atoms with Gasteiger partial charge in [-0.25, -0.2) is 5.84 Å². The van der Waals surface area contributed by atoms with Gasteiger partial charge in [0.25, 0.3) is 0 Å². The molecule has 0 saturated heterocycles. The Morgan fingerprint density at radius 1 is 1.26 bits per heavy atom. The van der Waals surface area contributed by atoms with Crippen molar-refractivity contribution in [1.29, 1.82) is 0 Å². The third-order valence-corrected chi connectivity index (χ3v) is 6.67. The minimum Gasteiger partial charge on any atom is -0.401 e. The molecule has 2 fully saturated rings. The Kier molecular flexibility index (Phi) is 4.72. The molecule has 144 valence electrons. The monoisotopic (exact) mass is 365 g/mol. The molecule has 0 amide bonds. The molecule has 3 aliphatic rings. The summed E-state index contributed by atoms with van der Waals surface area (Å²) in [5, 5.41) is 1.85. The largest absolute Gasteiger partial charge is 0.401 e. The average molecular weight is 366 g/mol. The summed E-state index contributed by atoms with van der Waals surface area (Å²) in [6.07, 6.45) is 12.1. The molecule has 4 rings (SSSR count). The number of benzene rings is 1. The summed E-state index contributed by atoms with van der Waals surface area (Å²) in [7, 11) is 1.81. The highest BCUT2D eigenvalue weighted by Gasteiger charge is 2.55. The van der Waals surface area contributed by atoms with Crippen LogP contribution in [0.5, 0.6) is 0 Å². The molecular weight excluding hydrogens is 334 g/mol. The standard InChI is InChI=1S/C22H31N5/c1-16-19-10-6-7-11-20(19)22(26(16)15-25-2)12-18(13-22)27(24)14-21(23)17-8-4-3-5-9-17/h6-7,10-11,14-15,17-18H,1,3-5,8-9,12-13,23-24H2,2H3/b21-14-,25-15?. The van der Waals surface area contributed by atoms with Crippen molar-refractivity contribution in [2.75, 3.05) is 7.05 Å². The van der Waals surface area contributed by atoms with Crippen LogP contribution in [0.1, 0.15) is 56.1 Å². The van der Waals surface area contributed by atoms with Crippen molar-refractivity contribution in [3.05, 3.63) is 53.9 Å². The Hall–Kier alpha value is -2.27. The third kappa shape index (κ3) is 2.94. The van der Waals surface area contributed by atoms with Crippen molar-refractivity contribution in [2.45, 2.75) is 56.5 Å². The lowest BCUT2D eigenvalue weighted by Crippen LogP contribution is -2.59. The number of fused-ring (bicyclic) bond motifs is 2. The Bertz CT molecular complexity index is 769. The number of hydrogen-bond acceptors (Lipinski definition) is 4. The van der Waals surface area contributed by atoms with Gasteiger partial charge in [0.05, 0.1) is 11.9 Å². The van der Waals surface area contributed by atoms with E-state index in [1.807, 2.05) is 24.6 Å². The number of nitrogens with two attached hydrogens (primary N) is 2. The first kappa shape index (κ1) is 18.1. The summed E-state index contributed by atoms with van der Waals surface area (Å²) in [6.45, 7) is 4.31. The topological polar surface area (TPSA) is 70.9 Å². The zero-order chi connectivity index (χ0) is 19.0. The summed E-state index contributed by atoms with van der Waals surface area (Å²) in [5.74, 6) is 6.91. The SMILES string of the molecule is C=C1c2ccccc2C2(CC(N(N)/C=C(\N)C3CCCCC3)C2)N1C=NC. The number of nitrogens with zero attached hydrogens (tertiary/aromatic N) is 3. The highest BCUT2D eigenvalue weighted by atomic mass is 15.4. The number of hydrogen-bond donors (Lipinski definition) is 2. The molecule has 1 heterocycles. The summed E-state index contributed by atoms with van der Waals surface area (Å²) < 4.78 is 0. The molecule has 5 heteroatoms. The van der Waals surface area contributed by atoms with Crippen LogP contribution < -0.4 is 11.6 Å². The fraction of sp³-hybridized carbons (Fsp3) is 0.500. The Morgan fingerprint density at radius 2 is 1.96 bits per heavy atom. The molecule has 5 nitrogen and oxygen atoms in total. The average Bonchev–Trinajstić information content (AvgIpc) is 2.91. The maximum atomic E-state index is 6.41. The van der Waals surface area contributed by atoms with Crippen LogP contribution >= 0.6 is 0 Å². The maximum Gasteiger partial charge on any atom is 0.0898 e. The molecule has 1 spiro atoms. The molecule has 2 aliphatic carbocycles. The quantitative estimate of drug-likeness (QED) is 0.370. The predicted molar refractivity (Wildman–Crippen MR) is 111 cm³/mol. The first-order valence-corrected chi connectivity index (χ1v) is 10.1. The Balaban J connectivity index is 1.52. The van der Waals surface area contributed by atoms with E-state index >= 15 is 0 Å². The third-order valence-electron chi connectivity index (χ3n) is 6.67. The number of rotatable bonds is 4.